The predicted octanol–water partition coefficient (Wildman–Crippen LogP) is 2.93. The van der Waals surface area contributed by atoms with Gasteiger partial charge in [0.05, 0.1) is 17.4 Å². The van der Waals surface area contributed by atoms with E-state index in [4.69, 9.17) is 0 Å². The van der Waals surface area contributed by atoms with Crippen LogP contribution in [0.15, 0.2) is 24.3 Å². The van der Waals surface area contributed by atoms with Gasteiger partial charge in [-0.05, 0) is 50.2 Å². The summed E-state index contributed by atoms with van der Waals surface area (Å²) in [6.07, 6.45) is 0.678. The second-order valence-electron chi connectivity index (χ2n) is 4.63. The zero-order valence-electron chi connectivity index (χ0n) is 11.7. The number of halogens is 2. The Morgan fingerprint density at radius 3 is 2.55 bits per heavy atom. The quantitative estimate of drug-likeness (QED) is 0.933. The third-order valence-electron chi connectivity index (χ3n) is 3.23. The fourth-order valence-electron chi connectivity index (χ4n) is 2.27. The second-order valence-corrected chi connectivity index (χ2v) is 4.63. The number of hydrogen-bond acceptors (Lipinski definition) is 3. The van der Waals surface area contributed by atoms with Gasteiger partial charge in [0.15, 0.2) is 0 Å². The van der Waals surface area contributed by atoms with Crippen molar-refractivity contribution < 1.29 is 8.78 Å². The topological polar surface area (TPSA) is 37.8 Å². The van der Waals surface area contributed by atoms with E-state index in [1.54, 1.807) is 7.05 Å². The van der Waals surface area contributed by atoms with Crippen LogP contribution in [0.2, 0.25) is 0 Å². The van der Waals surface area contributed by atoms with E-state index in [0.717, 1.165) is 29.1 Å². The monoisotopic (exact) mass is 277 g/mol. The van der Waals surface area contributed by atoms with Crippen LogP contribution in [0, 0.1) is 18.6 Å². The standard InChI is InChI=1S/C15H17F2N3/c1-4-14-12(7-9(2)19-20-14)15(18-3)11-8-10(16)5-6-13(11)17/h5-8,15,18H,4H2,1-3H3. The highest BCUT2D eigenvalue weighted by Gasteiger charge is 2.20. The lowest BCUT2D eigenvalue weighted by atomic mass is 9.96. The molecular weight excluding hydrogens is 260 g/mol. The van der Waals surface area contributed by atoms with Crippen LogP contribution < -0.4 is 5.32 Å². The number of aryl methyl sites for hydroxylation is 2. The van der Waals surface area contributed by atoms with Crippen LogP contribution in [0.25, 0.3) is 0 Å². The molecule has 1 heterocycles. The maximum absolute atomic E-state index is 14.0. The Labute approximate surface area is 117 Å². The highest BCUT2D eigenvalue weighted by atomic mass is 19.1. The summed E-state index contributed by atoms with van der Waals surface area (Å²) in [6, 6.07) is 4.88. The summed E-state index contributed by atoms with van der Waals surface area (Å²) in [7, 11) is 1.71. The number of nitrogens with zero attached hydrogens (tertiary/aromatic N) is 2. The molecule has 3 nitrogen and oxygen atoms in total. The summed E-state index contributed by atoms with van der Waals surface area (Å²) in [4.78, 5) is 0. The van der Waals surface area contributed by atoms with Crippen LogP contribution in [-0.2, 0) is 6.42 Å². The SMILES string of the molecule is CCc1nnc(C)cc1C(NC)c1cc(F)ccc1F. The molecule has 1 aromatic carbocycles. The molecular formula is C15H17F2N3. The van der Waals surface area contributed by atoms with E-state index in [0.29, 0.717) is 6.42 Å². The van der Waals surface area contributed by atoms with Gasteiger partial charge in [-0.1, -0.05) is 6.92 Å². The zero-order chi connectivity index (χ0) is 14.7. The lowest BCUT2D eigenvalue weighted by Crippen LogP contribution is -2.21. The van der Waals surface area contributed by atoms with E-state index in [2.05, 4.69) is 15.5 Å². The molecule has 0 aliphatic rings. The highest BCUT2D eigenvalue weighted by Crippen LogP contribution is 2.27. The van der Waals surface area contributed by atoms with Gasteiger partial charge < -0.3 is 5.32 Å². The van der Waals surface area contributed by atoms with Gasteiger partial charge >= 0.3 is 0 Å². The fraction of sp³-hybridized carbons (Fsp3) is 0.333. The number of hydrogen-bond donors (Lipinski definition) is 1. The lowest BCUT2D eigenvalue weighted by Gasteiger charge is -2.20. The molecule has 2 aromatic rings. The third-order valence-corrected chi connectivity index (χ3v) is 3.23. The molecule has 0 amide bonds. The first kappa shape index (κ1) is 14.5. The van der Waals surface area contributed by atoms with Crippen molar-refractivity contribution in [2.24, 2.45) is 0 Å². The molecule has 0 aliphatic carbocycles. The van der Waals surface area contributed by atoms with E-state index in [-0.39, 0.29) is 5.56 Å². The van der Waals surface area contributed by atoms with Crippen LogP contribution in [0.5, 0.6) is 0 Å². The van der Waals surface area contributed by atoms with Gasteiger partial charge in [-0.25, -0.2) is 8.78 Å². The average Bonchev–Trinajstić information content (AvgIpc) is 2.44. The van der Waals surface area contributed by atoms with Gasteiger partial charge in [0, 0.05) is 5.56 Å². The molecule has 1 aromatic heterocycles. The smallest absolute Gasteiger partial charge is 0.128 e. The first-order valence-electron chi connectivity index (χ1n) is 6.52. The zero-order valence-corrected chi connectivity index (χ0v) is 11.7. The Hall–Kier alpha value is -1.88. The van der Waals surface area contributed by atoms with E-state index in [1.807, 2.05) is 19.9 Å². The first-order valence-corrected chi connectivity index (χ1v) is 6.52. The predicted molar refractivity (Wildman–Crippen MR) is 73.4 cm³/mol. The minimum Gasteiger partial charge on any atom is -0.309 e. The Bertz CT molecular complexity index is 614. The Balaban J connectivity index is 2.57. The van der Waals surface area contributed by atoms with Crippen LogP contribution in [0.1, 0.15) is 35.5 Å². The average molecular weight is 277 g/mol. The van der Waals surface area contributed by atoms with Crippen molar-refractivity contribution in [3.8, 4) is 0 Å². The molecule has 0 aliphatic heterocycles. The summed E-state index contributed by atoms with van der Waals surface area (Å²) >= 11 is 0. The van der Waals surface area contributed by atoms with Gasteiger partial charge in [-0.3, -0.25) is 0 Å². The molecule has 1 atom stereocenters. The number of nitrogens with one attached hydrogen (secondary N) is 1. The maximum atomic E-state index is 14.0. The molecule has 0 radical (unpaired) electrons. The summed E-state index contributed by atoms with van der Waals surface area (Å²) in [5.41, 5.74) is 2.62. The Morgan fingerprint density at radius 1 is 1.15 bits per heavy atom. The molecule has 0 bridgehead atoms. The first-order chi connectivity index (χ1) is 9.56. The number of benzene rings is 1. The normalized spacial score (nSPS) is 12.4. The van der Waals surface area contributed by atoms with Gasteiger partial charge in [0.2, 0.25) is 0 Å². The number of rotatable bonds is 4. The van der Waals surface area contributed by atoms with Crippen molar-refractivity contribution in [3.05, 3.63) is 58.4 Å². The molecule has 0 saturated carbocycles. The molecule has 2 rings (SSSR count). The van der Waals surface area contributed by atoms with E-state index < -0.39 is 17.7 Å². The summed E-state index contributed by atoms with van der Waals surface area (Å²) in [5.74, 6) is -0.902. The molecule has 0 fully saturated rings. The maximum Gasteiger partial charge on any atom is 0.128 e. The van der Waals surface area contributed by atoms with Crippen LogP contribution in [0.4, 0.5) is 8.78 Å². The molecule has 0 spiro atoms. The van der Waals surface area contributed by atoms with Crippen molar-refractivity contribution in [1.82, 2.24) is 15.5 Å². The van der Waals surface area contributed by atoms with Crippen molar-refractivity contribution in [2.45, 2.75) is 26.3 Å². The van der Waals surface area contributed by atoms with Crippen LogP contribution >= 0.6 is 0 Å². The largest absolute Gasteiger partial charge is 0.309 e. The third kappa shape index (κ3) is 2.82. The summed E-state index contributed by atoms with van der Waals surface area (Å²) < 4.78 is 27.4. The van der Waals surface area contributed by atoms with E-state index in [1.165, 1.54) is 6.07 Å². The van der Waals surface area contributed by atoms with Crippen molar-refractivity contribution in [2.75, 3.05) is 7.05 Å². The van der Waals surface area contributed by atoms with Gasteiger partial charge in [0.1, 0.15) is 11.6 Å². The molecule has 1 unspecified atom stereocenters. The van der Waals surface area contributed by atoms with Crippen LogP contribution in [0.3, 0.4) is 0 Å². The van der Waals surface area contributed by atoms with Gasteiger partial charge in [-0.2, -0.15) is 10.2 Å². The molecule has 5 heteroatoms. The highest BCUT2D eigenvalue weighted by molar-refractivity contribution is 5.35. The van der Waals surface area contributed by atoms with Crippen LogP contribution in [-0.4, -0.2) is 17.2 Å². The molecule has 1 N–H and O–H groups in total. The second kappa shape index (κ2) is 6.05. The van der Waals surface area contributed by atoms with E-state index in [9.17, 15) is 8.78 Å². The number of aromatic nitrogens is 2. The minimum atomic E-state index is -0.460. The fourth-order valence-corrected chi connectivity index (χ4v) is 2.27. The summed E-state index contributed by atoms with van der Waals surface area (Å²) in [5, 5.41) is 11.2. The van der Waals surface area contributed by atoms with E-state index >= 15 is 0 Å². The molecule has 0 saturated heterocycles. The van der Waals surface area contributed by atoms with Gasteiger partial charge in [-0.15, -0.1) is 0 Å². The van der Waals surface area contributed by atoms with Crippen molar-refractivity contribution in [3.63, 3.8) is 0 Å². The Kier molecular flexibility index (Phi) is 4.39. The van der Waals surface area contributed by atoms with Gasteiger partial charge in [0.25, 0.3) is 0 Å². The minimum absolute atomic E-state index is 0.273. The summed E-state index contributed by atoms with van der Waals surface area (Å²) in [6.45, 7) is 3.78. The lowest BCUT2D eigenvalue weighted by molar-refractivity contribution is 0.555. The van der Waals surface area contributed by atoms with Crippen molar-refractivity contribution >= 4 is 0 Å². The Morgan fingerprint density at radius 2 is 1.90 bits per heavy atom. The van der Waals surface area contributed by atoms with Crippen molar-refractivity contribution in [1.29, 1.82) is 0 Å². The molecule has 20 heavy (non-hydrogen) atoms. The molecule has 106 valence electrons.